The molecule has 0 saturated carbocycles. The van der Waals surface area contributed by atoms with E-state index in [4.69, 9.17) is 11.1 Å². The van der Waals surface area contributed by atoms with Crippen molar-refractivity contribution in [1.29, 1.82) is 5.41 Å². The van der Waals surface area contributed by atoms with Gasteiger partial charge in [0, 0.05) is 17.7 Å². The predicted molar refractivity (Wildman–Crippen MR) is 80.1 cm³/mol. The zero-order chi connectivity index (χ0) is 14.7. The first-order valence-corrected chi connectivity index (χ1v) is 6.33. The quantitative estimate of drug-likeness (QED) is 0.165. The van der Waals surface area contributed by atoms with Gasteiger partial charge < -0.3 is 16.4 Å². The van der Waals surface area contributed by atoms with Crippen LogP contribution in [-0.4, -0.2) is 31.9 Å². The molecule has 0 fully saturated rings. The highest BCUT2D eigenvalue weighted by atomic mass is 16.1. The van der Waals surface area contributed by atoms with E-state index in [0.717, 1.165) is 19.4 Å². The summed E-state index contributed by atoms with van der Waals surface area (Å²) in [6.45, 7) is 7.05. The first kappa shape index (κ1) is 17.1. The summed E-state index contributed by atoms with van der Waals surface area (Å²) in [7, 11) is 1.90. The van der Waals surface area contributed by atoms with Crippen LogP contribution < -0.4 is 16.4 Å². The molecule has 0 aliphatic heterocycles. The molecule has 0 aromatic carbocycles. The van der Waals surface area contributed by atoms with Crippen LogP contribution in [0.3, 0.4) is 0 Å². The van der Waals surface area contributed by atoms with Crippen LogP contribution in [0.15, 0.2) is 36.0 Å². The largest absolute Gasteiger partial charge is 0.384 e. The topological polar surface area (TPSA) is 91.0 Å². The number of carbonyl (C=O) groups excluding carboxylic acids is 1. The molecule has 0 saturated heterocycles. The van der Waals surface area contributed by atoms with Crippen molar-refractivity contribution in [3.8, 4) is 0 Å². The van der Waals surface area contributed by atoms with Gasteiger partial charge in [-0.15, -0.1) is 0 Å². The zero-order valence-corrected chi connectivity index (χ0v) is 11.8. The number of amides is 1. The van der Waals surface area contributed by atoms with Gasteiger partial charge in [0.25, 0.3) is 5.91 Å². The average molecular weight is 264 g/mol. The third kappa shape index (κ3) is 7.94. The van der Waals surface area contributed by atoms with Crippen LogP contribution in [0, 0.1) is 5.41 Å². The van der Waals surface area contributed by atoms with Crippen molar-refractivity contribution in [3.63, 3.8) is 0 Å². The smallest absolute Gasteiger partial charge is 0.250 e. The van der Waals surface area contributed by atoms with Crippen molar-refractivity contribution in [1.82, 2.24) is 10.6 Å². The molecule has 0 aromatic heterocycles. The number of carbonyl (C=O) groups is 1. The van der Waals surface area contributed by atoms with Crippen LogP contribution in [0.2, 0.25) is 0 Å². The number of nitrogens with two attached hydrogens (primary N) is 1. The van der Waals surface area contributed by atoms with Crippen LogP contribution >= 0.6 is 0 Å². The molecule has 0 aliphatic carbocycles. The Kier molecular flexibility index (Phi) is 9.08. The first-order valence-electron chi connectivity index (χ1n) is 6.33. The van der Waals surface area contributed by atoms with E-state index in [0.29, 0.717) is 17.7 Å². The van der Waals surface area contributed by atoms with E-state index < -0.39 is 0 Å². The van der Waals surface area contributed by atoms with E-state index in [1.54, 1.807) is 25.2 Å². The molecular formula is C14H24N4O. The van der Waals surface area contributed by atoms with Gasteiger partial charge in [-0.25, -0.2) is 0 Å². The molecule has 0 aliphatic rings. The van der Waals surface area contributed by atoms with E-state index >= 15 is 0 Å². The number of nitrogens with one attached hydrogen (secondary N) is 3. The minimum atomic E-state index is -0.195. The molecule has 0 radical (unpaired) electrons. The molecule has 5 heteroatoms. The fourth-order valence-corrected chi connectivity index (χ4v) is 1.35. The van der Waals surface area contributed by atoms with Gasteiger partial charge in [-0.1, -0.05) is 18.7 Å². The van der Waals surface area contributed by atoms with Crippen molar-refractivity contribution < 1.29 is 4.79 Å². The van der Waals surface area contributed by atoms with Crippen LogP contribution in [0.25, 0.3) is 0 Å². The van der Waals surface area contributed by atoms with E-state index in [1.807, 2.05) is 7.05 Å². The Balaban J connectivity index is 4.10. The highest BCUT2D eigenvalue weighted by Crippen LogP contribution is 2.00. The van der Waals surface area contributed by atoms with Crippen molar-refractivity contribution in [2.45, 2.75) is 19.8 Å². The molecular weight excluding hydrogens is 240 g/mol. The molecule has 0 aromatic rings. The summed E-state index contributed by atoms with van der Waals surface area (Å²) in [6, 6.07) is 0. The number of unbranched alkanes of at least 4 members (excludes halogenated alkanes) is 1. The highest BCUT2D eigenvalue weighted by Gasteiger charge is 2.03. The summed E-state index contributed by atoms with van der Waals surface area (Å²) in [5.41, 5.74) is 6.29. The SMILES string of the molecule is C=C(/C=C\C(=C/C)C(=N)N)C(=O)NCCCCNC. The lowest BCUT2D eigenvalue weighted by Gasteiger charge is -2.05. The molecule has 5 nitrogen and oxygen atoms in total. The van der Waals surface area contributed by atoms with E-state index in [-0.39, 0.29) is 11.7 Å². The summed E-state index contributed by atoms with van der Waals surface area (Å²) in [5.74, 6) is -0.223. The third-order valence-electron chi connectivity index (χ3n) is 2.52. The Bertz CT molecular complexity index is 383. The van der Waals surface area contributed by atoms with Gasteiger partial charge in [-0.3, -0.25) is 10.2 Å². The molecule has 0 rings (SSSR count). The Morgan fingerprint density at radius 3 is 2.47 bits per heavy atom. The molecule has 0 unspecified atom stereocenters. The number of rotatable bonds is 9. The number of hydrogen-bond donors (Lipinski definition) is 4. The summed E-state index contributed by atoms with van der Waals surface area (Å²) in [5, 5.41) is 13.1. The maximum Gasteiger partial charge on any atom is 0.250 e. The fraction of sp³-hybridized carbons (Fsp3) is 0.429. The maximum absolute atomic E-state index is 11.7. The van der Waals surface area contributed by atoms with Gasteiger partial charge in [0.15, 0.2) is 0 Å². The molecule has 0 heterocycles. The van der Waals surface area contributed by atoms with Gasteiger partial charge in [-0.05, 0) is 39.4 Å². The van der Waals surface area contributed by atoms with Gasteiger partial charge >= 0.3 is 0 Å². The highest BCUT2D eigenvalue weighted by molar-refractivity contribution is 5.99. The van der Waals surface area contributed by atoms with Crippen LogP contribution in [0.1, 0.15) is 19.8 Å². The van der Waals surface area contributed by atoms with E-state index in [1.165, 1.54) is 0 Å². The van der Waals surface area contributed by atoms with Crippen LogP contribution in [-0.2, 0) is 4.79 Å². The molecule has 5 N–H and O–H groups in total. The minimum Gasteiger partial charge on any atom is -0.384 e. The third-order valence-corrected chi connectivity index (χ3v) is 2.52. The van der Waals surface area contributed by atoms with Crippen molar-refractivity contribution in [2.75, 3.05) is 20.1 Å². The molecule has 1 amide bonds. The Hall–Kier alpha value is -1.88. The van der Waals surface area contributed by atoms with E-state index in [2.05, 4.69) is 17.2 Å². The van der Waals surface area contributed by atoms with Crippen LogP contribution in [0.5, 0.6) is 0 Å². The second kappa shape index (κ2) is 10.1. The van der Waals surface area contributed by atoms with Crippen molar-refractivity contribution >= 4 is 11.7 Å². The summed E-state index contributed by atoms with van der Waals surface area (Å²) in [6.07, 6.45) is 6.84. The van der Waals surface area contributed by atoms with E-state index in [9.17, 15) is 4.79 Å². The fourth-order valence-electron chi connectivity index (χ4n) is 1.35. The molecule has 0 spiro atoms. The average Bonchev–Trinajstić information content (AvgIpc) is 2.38. The van der Waals surface area contributed by atoms with Gasteiger partial charge in [0.1, 0.15) is 5.84 Å². The van der Waals surface area contributed by atoms with Gasteiger partial charge in [0.05, 0.1) is 0 Å². The Morgan fingerprint density at radius 2 is 1.95 bits per heavy atom. The maximum atomic E-state index is 11.7. The van der Waals surface area contributed by atoms with Crippen LogP contribution in [0.4, 0.5) is 0 Å². The van der Waals surface area contributed by atoms with Crippen molar-refractivity contribution in [2.24, 2.45) is 5.73 Å². The number of allylic oxidation sites excluding steroid dienone is 1. The van der Waals surface area contributed by atoms with Gasteiger partial charge in [-0.2, -0.15) is 0 Å². The lowest BCUT2D eigenvalue weighted by Crippen LogP contribution is -2.25. The number of hydrogen-bond acceptors (Lipinski definition) is 3. The second-order valence-corrected chi connectivity index (χ2v) is 4.08. The summed E-state index contributed by atoms with van der Waals surface area (Å²) in [4.78, 5) is 11.7. The molecule has 106 valence electrons. The standard InChI is InChI=1S/C14H24N4O/c1-4-12(13(15)16)8-7-11(2)14(19)18-10-6-5-9-17-3/h4,7-8,17H,2,5-6,9-10H2,1,3H3,(H3,15,16)(H,18,19)/b8-7-,12-4+. The van der Waals surface area contributed by atoms with Crippen molar-refractivity contribution in [3.05, 3.63) is 36.0 Å². The predicted octanol–water partition coefficient (Wildman–Crippen LogP) is 1.10. The zero-order valence-electron chi connectivity index (χ0n) is 11.8. The lowest BCUT2D eigenvalue weighted by atomic mass is 10.1. The normalized spacial score (nSPS) is 11.6. The molecule has 19 heavy (non-hydrogen) atoms. The lowest BCUT2D eigenvalue weighted by molar-refractivity contribution is -0.117. The second-order valence-electron chi connectivity index (χ2n) is 4.08. The molecule has 0 atom stereocenters. The summed E-state index contributed by atoms with van der Waals surface area (Å²) < 4.78 is 0. The molecule has 0 bridgehead atoms. The minimum absolute atomic E-state index is 0.0287. The number of amidine groups is 1. The first-order chi connectivity index (χ1) is 9.02. The monoisotopic (exact) mass is 264 g/mol. The Labute approximate surface area is 115 Å². The van der Waals surface area contributed by atoms with Gasteiger partial charge in [0.2, 0.25) is 0 Å². The Morgan fingerprint density at radius 1 is 1.32 bits per heavy atom. The summed E-state index contributed by atoms with van der Waals surface area (Å²) >= 11 is 0.